The minimum Gasteiger partial charge on any atom is -0.465 e. The van der Waals surface area contributed by atoms with Crippen LogP contribution >= 0.6 is 0 Å². The zero-order valence-electron chi connectivity index (χ0n) is 13.0. The quantitative estimate of drug-likeness (QED) is 0.719. The number of piperidine rings is 1. The molecule has 1 rings (SSSR count). The molecule has 1 N–H and O–H groups in total. The number of hydrogen-bond donors (Lipinski definition) is 1. The second-order valence-corrected chi connectivity index (χ2v) is 5.88. The third kappa shape index (κ3) is 5.11. The molecule has 0 radical (unpaired) electrons. The Labute approximate surface area is 117 Å². The average Bonchev–Trinajstić information content (AvgIpc) is 2.37. The normalized spacial score (nSPS) is 23.9. The molecule has 1 fully saturated rings. The number of hydrogen-bond acceptors (Lipinski definition) is 4. The SMILES string of the molecule is CCNC(C)(CCN1CCCC(C)C1)C(=O)OCC. The molecule has 0 aliphatic carbocycles. The van der Waals surface area contributed by atoms with Gasteiger partial charge in [0.05, 0.1) is 6.61 Å². The largest absolute Gasteiger partial charge is 0.465 e. The van der Waals surface area contributed by atoms with E-state index in [1.54, 1.807) is 0 Å². The van der Waals surface area contributed by atoms with Gasteiger partial charge in [-0.15, -0.1) is 0 Å². The van der Waals surface area contributed by atoms with Gasteiger partial charge in [0.15, 0.2) is 0 Å². The summed E-state index contributed by atoms with van der Waals surface area (Å²) in [6, 6.07) is 0. The summed E-state index contributed by atoms with van der Waals surface area (Å²) in [5.74, 6) is 0.656. The smallest absolute Gasteiger partial charge is 0.326 e. The van der Waals surface area contributed by atoms with Gasteiger partial charge < -0.3 is 15.0 Å². The number of likely N-dealkylation sites (N-methyl/N-ethyl adjacent to an activating group) is 1. The molecule has 0 aromatic heterocycles. The number of nitrogens with one attached hydrogen (secondary N) is 1. The number of likely N-dealkylation sites (tertiary alicyclic amines) is 1. The van der Waals surface area contributed by atoms with Crippen molar-refractivity contribution in [3.8, 4) is 0 Å². The Balaban J connectivity index is 2.50. The van der Waals surface area contributed by atoms with Gasteiger partial charge in [-0.1, -0.05) is 13.8 Å². The predicted octanol–water partition coefficient (Wildman–Crippen LogP) is 2.04. The van der Waals surface area contributed by atoms with Crippen LogP contribution < -0.4 is 5.32 Å². The Hall–Kier alpha value is -0.610. The fourth-order valence-corrected chi connectivity index (χ4v) is 2.81. The zero-order chi connectivity index (χ0) is 14.3. The minimum atomic E-state index is -0.550. The van der Waals surface area contributed by atoms with E-state index in [0.717, 1.165) is 38.5 Å². The second-order valence-electron chi connectivity index (χ2n) is 5.88. The Morgan fingerprint density at radius 3 is 2.79 bits per heavy atom. The number of ether oxygens (including phenoxy) is 1. The van der Waals surface area contributed by atoms with E-state index in [1.165, 1.54) is 12.8 Å². The van der Waals surface area contributed by atoms with Gasteiger partial charge in [-0.2, -0.15) is 0 Å². The predicted molar refractivity (Wildman–Crippen MR) is 78.2 cm³/mol. The summed E-state index contributed by atoms with van der Waals surface area (Å²) in [5.41, 5.74) is -0.550. The highest BCUT2D eigenvalue weighted by Gasteiger charge is 2.34. The molecule has 0 saturated carbocycles. The molecule has 112 valence electrons. The van der Waals surface area contributed by atoms with Crippen molar-refractivity contribution in [1.82, 2.24) is 10.2 Å². The van der Waals surface area contributed by atoms with Gasteiger partial charge in [-0.3, -0.25) is 4.79 Å². The van der Waals surface area contributed by atoms with Crippen molar-refractivity contribution >= 4 is 5.97 Å². The molecule has 2 unspecified atom stereocenters. The Bertz CT molecular complexity index is 283. The van der Waals surface area contributed by atoms with Crippen LogP contribution in [-0.2, 0) is 9.53 Å². The maximum Gasteiger partial charge on any atom is 0.326 e. The summed E-state index contributed by atoms with van der Waals surface area (Å²) in [4.78, 5) is 14.6. The molecule has 4 nitrogen and oxygen atoms in total. The van der Waals surface area contributed by atoms with Gasteiger partial charge in [0.25, 0.3) is 0 Å². The summed E-state index contributed by atoms with van der Waals surface area (Å²) >= 11 is 0. The lowest BCUT2D eigenvalue weighted by Gasteiger charge is -2.34. The highest BCUT2D eigenvalue weighted by Crippen LogP contribution is 2.19. The molecule has 19 heavy (non-hydrogen) atoms. The number of rotatable bonds is 7. The van der Waals surface area contributed by atoms with Gasteiger partial charge in [0.2, 0.25) is 0 Å². The number of carbonyl (C=O) groups is 1. The molecule has 2 atom stereocenters. The lowest BCUT2D eigenvalue weighted by atomic mass is 9.95. The van der Waals surface area contributed by atoms with Crippen molar-refractivity contribution in [3.05, 3.63) is 0 Å². The van der Waals surface area contributed by atoms with E-state index >= 15 is 0 Å². The first-order chi connectivity index (χ1) is 9.01. The van der Waals surface area contributed by atoms with Crippen LogP contribution in [0.5, 0.6) is 0 Å². The zero-order valence-corrected chi connectivity index (χ0v) is 13.0. The number of carbonyl (C=O) groups excluding carboxylic acids is 1. The first-order valence-electron chi connectivity index (χ1n) is 7.66. The maximum absolute atomic E-state index is 12.1. The highest BCUT2D eigenvalue weighted by atomic mass is 16.5. The third-order valence-corrected chi connectivity index (χ3v) is 3.96. The fourth-order valence-electron chi connectivity index (χ4n) is 2.81. The topological polar surface area (TPSA) is 41.6 Å². The highest BCUT2D eigenvalue weighted by molar-refractivity contribution is 5.80. The molecular formula is C15H30N2O2. The Morgan fingerprint density at radius 2 is 2.21 bits per heavy atom. The van der Waals surface area contributed by atoms with Crippen LogP contribution in [0, 0.1) is 5.92 Å². The van der Waals surface area contributed by atoms with Gasteiger partial charge in [-0.05, 0) is 52.1 Å². The van der Waals surface area contributed by atoms with Crippen molar-refractivity contribution < 1.29 is 9.53 Å². The van der Waals surface area contributed by atoms with Crippen molar-refractivity contribution in [2.24, 2.45) is 5.92 Å². The lowest BCUT2D eigenvalue weighted by molar-refractivity contribution is -0.151. The van der Waals surface area contributed by atoms with Crippen molar-refractivity contribution in [2.45, 2.75) is 52.5 Å². The lowest BCUT2D eigenvalue weighted by Crippen LogP contribution is -2.52. The van der Waals surface area contributed by atoms with E-state index in [4.69, 9.17) is 4.74 Å². The molecule has 0 amide bonds. The van der Waals surface area contributed by atoms with E-state index in [1.807, 2.05) is 20.8 Å². The van der Waals surface area contributed by atoms with Crippen LogP contribution in [0.25, 0.3) is 0 Å². The van der Waals surface area contributed by atoms with Crippen molar-refractivity contribution in [1.29, 1.82) is 0 Å². The van der Waals surface area contributed by atoms with Crippen LogP contribution in [0.15, 0.2) is 0 Å². The van der Waals surface area contributed by atoms with Crippen molar-refractivity contribution in [3.63, 3.8) is 0 Å². The molecule has 1 saturated heterocycles. The summed E-state index contributed by atoms with van der Waals surface area (Å²) in [6.07, 6.45) is 3.42. The molecular weight excluding hydrogens is 240 g/mol. The first-order valence-corrected chi connectivity index (χ1v) is 7.66. The van der Waals surface area contributed by atoms with Crippen LogP contribution in [0.4, 0.5) is 0 Å². The van der Waals surface area contributed by atoms with Gasteiger partial charge in [0, 0.05) is 13.1 Å². The third-order valence-electron chi connectivity index (χ3n) is 3.96. The maximum atomic E-state index is 12.1. The van der Waals surface area contributed by atoms with Crippen LogP contribution in [-0.4, -0.2) is 49.2 Å². The van der Waals surface area contributed by atoms with E-state index in [9.17, 15) is 4.79 Å². The van der Waals surface area contributed by atoms with Gasteiger partial charge in [-0.25, -0.2) is 0 Å². The fraction of sp³-hybridized carbons (Fsp3) is 0.933. The molecule has 0 spiro atoms. The molecule has 0 aromatic carbocycles. The molecule has 0 aromatic rings. The van der Waals surface area contributed by atoms with Crippen LogP contribution in [0.1, 0.15) is 47.0 Å². The second kappa shape index (κ2) is 7.85. The van der Waals surface area contributed by atoms with E-state index in [0.29, 0.717) is 6.61 Å². The van der Waals surface area contributed by atoms with E-state index in [-0.39, 0.29) is 5.97 Å². The molecule has 0 bridgehead atoms. The van der Waals surface area contributed by atoms with Crippen LogP contribution in [0.2, 0.25) is 0 Å². The van der Waals surface area contributed by atoms with Gasteiger partial charge in [0.1, 0.15) is 5.54 Å². The standard InChI is InChI=1S/C15H30N2O2/c1-5-16-15(4,14(18)19-6-2)9-11-17-10-7-8-13(3)12-17/h13,16H,5-12H2,1-4H3. The summed E-state index contributed by atoms with van der Waals surface area (Å²) < 4.78 is 5.20. The summed E-state index contributed by atoms with van der Waals surface area (Å²) in [5, 5.41) is 3.29. The minimum absolute atomic E-state index is 0.123. The molecule has 1 aliphatic rings. The van der Waals surface area contributed by atoms with Crippen molar-refractivity contribution in [2.75, 3.05) is 32.8 Å². The summed E-state index contributed by atoms with van der Waals surface area (Å²) in [6.45, 7) is 12.7. The average molecular weight is 270 g/mol. The molecule has 1 aliphatic heterocycles. The summed E-state index contributed by atoms with van der Waals surface area (Å²) in [7, 11) is 0. The van der Waals surface area contributed by atoms with Gasteiger partial charge >= 0.3 is 5.97 Å². The van der Waals surface area contributed by atoms with E-state index < -0.39 is 5.54 Å². The molecule has 4 heteroatoms. The number of nitrogens with zero attached hydrogens (tertiary/aromatic N) is 1. The monoisotopic (exact) mass is 270 g/mol. The van der Waals surface area contributed by atoms with Crippen LogP contribution in [0.3, 0.4) is 0 Å². The number of esters is 1. The molecule has 1 heterocycles. The first kappa shape index (κ1) is 16.4. The Kier molecular flexibility index (Phi) is 6.80. The Morgan fingerprint density at radius 1 is 1.47 bits per heavy atom. The van der Waals surface area contributed by atoms with E-state index in [2.05, 4.69) is 17.1 Å².